The Morgan fingerprint density at radius 1 is 0.886 bits per heavy atom. The SMILES string of the molecule is Cc1cccc(NS(=O)(=O)c2cc(C(=O)NCc3ccccc3CN3CCCCC3)ccc2C)c1. The van der Waals surface area contributed by atoms with Crippen LogP contribution in [-0.2, 0) is 23.1 Å². The summed E-state index contributed by atoms with van der Waals surface area (Å²) in [5, 5.41) is 2.98. The number of hydrogen-bond donors (Lipinski definition) is 2. The molecule has 2 N–H and O–H groups in total. The minimum Gasteiger partial charge on any atom is -0.348 e. The third-order valence-electron chi connectivity index (χ3n) is 6.41. The predicted octanol–water partition coefficient (Wildman–Crippen LogP) is 5.02. The van der Waals surface area contributed by atoms with Crippen LogP contribution >= 0.6 is 0 Å². The number of piperidine rings is 1. The molecule has 1 saturated heterocycles. The average Bonchev–Trinajstić information content (AvgIpc) is 2.84. The van der Waals surface area contributed by atoms with Crippen molar-refractivity contribution in [3.8, 4) is 0 Å². The molecular weight excluding hydrogens is 458 g/mol. The number of nitrogens with one attached hydrogen (secondary N) is 2. The van der Waals surface area contributed by atoms with E-state index in [4.69, 9.17) is 0 Å². The minimum absolute atomic E-state index is 0.0946. The highest BCUT2D eigenvalue weighted by atomic mass is 32.2. The van der Waals surface area contributed by atoms with E-state index in [-0.39, 0.29) is 10.8 Å². The van der Waals surface area contributed by atoms with Gasteiger partial charge >= 0.3 is 0 Å². The fourth-order valence-electron chi connectivity index (χ4n) is 4.47. The molecule has 35 heavy (non-hydrogen) atoms. The third kappa shape index (κ3) is 6.50. The summed E-state index contributed by atoms with van der Waals surface area (Å²) in [6.45, 7) is 7.11. The lowest BCUT2D eigenvalue weighted by Crippen LogP contribution is -2.30. The first-order valence-electron chi connectivity index (χ1n) is 12.1. The number of carbonyl (C=O) groups is 1. The average molecular weight is 492 g/mol. The molecule has 0 saturated carbocycles. The maximum absolute atomic E-state index is 13.1. The molecular formula is C28H33N3O3S. The second-order valence-corrected chi connectivity index (χ2v) is 10.9. The topological polar surface area (TPSA) is 78.5 Å². The van der Waals surface area contributed by atoms with Crippen molar-refractivity contribution in [3.05, 3.63) is 94.5 Å². The molecule has 0 aliphatic carbocycles. The van der Waals surface area contributed by atoms with Crippen LogP contribution in [0.3, 0.4) is 0 Å². The van der Waals surface area contributed by atoms with Crippen molar-refractivity contribution >= 4 is 21.6 Å². The highest BCUT2D eigenvalue weighted by Crippen LogP contribution is 2.22. The van der Waals surface area contributed by atoms with Crippen LogP contribution in [0.5, 0.6) is 0 Å². The quantitative estimate of drug-likeness (QED) is 0.464. The zero-order chi connectivity index (χ0) is 24.8. The molecule has 184 valence electrons. The molecule has 0 unspecified atom stereocenters. The van der Waals surface area contributed by atoms with Gasteiger partial charge in [0, 0.05) is 24.3 Å². The monoisotopic (exact) mass is 491 g/mol. The summed E-state index contributed by atoms with van der Waals surface area (Å²) >= 11 is 0. The van der Waals surface area contributed by atoms with E-state index in [2.05, 4.69) is 21.0 Å². The van der Waals surface area contributed by atoms with Crippen molar-refractivity contribution in [1.82, 2.24) is 10.2 Å². The zero-order valence-corrected chi connectivity index (χ0v) is 21.2. The van der Waals surface area contributed by atoms with Gasteiger partial charge in [-0.15, -0.1) is 0 Å². The summed E-state index contributed by atoms with van der Waals surface area (Å²) in [7, 11) is -3.84. The first-order valence-corrected chi connectivity index (χ1v) is 13.6. The van der Waals surface area contributed by atoms with Gasteiger partial charge in [-0.25, -0.2) is 8.42 Å². The number of aryl methyl sites for hydroxylation is 2. The van der Waals surface area contributed by atoms with Crippen molar-refractivity contribution in [3.63, 3.8) is 0 Å². The molecule has 6 nitrogen and oxygen atoms in total. The molecule has 1 aliphatic rings. The fourth-order valence-corrected chi connectivity index (χ4v) is 5.79. The Labute approximate surface area is 208 Å². The van der Waals surface area contributed by atoms with Gasteiger partial charge in [0.05, 0.1) is 4.90 Å². The Morgan fingerprint density at radius 3 is 2.37 bits per heavy atom. The van der Waals surface area contributed by atoms with E-state index >= 15 is 0 Å². The number of anilines is 1. The Kier molecular flexibility index (Phi) is 7.88. The molecule has 0 bridgehead atoms. The lowest BCUT2D eigenvalue weighted by atomic mass is 10.0. The van der Waals surface area contributed by atoms with Gasteiger partial charge in [-0.2, -0.15) is 0 Å². The van der Waals surface area contributed by atoms with E-state index in [0.717, 1.165) is 30.8 Å². The smallest absolute Gasteiger partial charge is 0.262 e. The molecule has 3 aromatic carbocycles. The number of benzene rings is 3. The second-order valence-electron chi connectivity index (χ2n) is 9.24. The van der Waals surface area contributed by atoms with Gasteiger partial charge in [-0.1, -0.05) is 48.9 Å². The van der Waals surface area contributed by atoms with Crippen LogP contribution in [-0.4, -0.2) is 32.3 Å². The van der Waals surface area contributed by atoms with Gasteiger partial charge in [0.2, 0.25) is 0 Å². The van der Waals surface area contributed by atoms with Crippen LogP contribution in [0.25, 0.3) is 0 Å². The summed E-state index contributed by atoms with van der Waals surface area (Å²) in [4.78, 5) is 15.5. The predicted molar refractivity (Wildman–Crippen MR) is 140 cm³/mol. The molecule has 0 radical (unpaired) electrons. The molecule has 3 aromatic rings. The van der Waals surface area contributed by atoms with Crippen molar-refractivity contribution in [2.75, 3.05) is 17.8 Å². The maximum Gasteiger partial charge on any atom is 0.262 e. The molecule has 0 atom stereocenters. The van der Waals surface area contributed by atoms with Crippen LogP contribution in [0.15, 0.2) is 71.6 Å². The first kappa shape index (κ1) is 24.9. The summed E-state index contributed by atoms with van der Waals surface area (Å²) in [5.74, 6) is -0.301. The van der Waals surface area contributed by atoms with Gasteiger partial charge in [0.25, 0.3) is 15.9 Å². The number of carbonyl (C=O) groups excluding carboxylic acids is 1. The van der Waals surface area contributed by atoms with Crippen LogP contribution in [0.1, 0.15) is 51.9 Å². The maximum atomic E-state index is 13.1. The Bertz CT molecular complexity index is 1300. The zero-order valence-electron chi connectivity index (χ0n) is 20.4. The molecule has 0 spiro atoms. The number of rotatable bonds is 8. The van der Waals surface area contributed by atoms with E-state index in [1.165, 1.54) is 30.9 Å². The molecule has 0 aromatic heterocycles. The molecule has 1 fully saturated rings. The van der Waals surface area contributed by atoms with Gasteiger partial charge in [-0.3, -0.25) is 14.4 Å². The normalized spacial score (nSPS) is 14.5. The van der Waals surface area contributed by atoms with Crippen LogP contribution in [0, 0.1) is 13.8 Å². The summed E-state index contributed by atoms with van der Waals surface area (Å²) in [6, 6.07) is 20.1. The lowest BCUT2D eigenvalue weighted by Gasteiger charge is -2.27. The molecule has 1 heterocycles. The molecule has 7 heteroatoms. The van der Waals surface area contributed by atoms with E-state index in [0.29, 0.717) is 23.4 Å². The standard InChI is InChI=1S/C28H33N3O3S/c1-21-9-8-12-26(17-21)30-35(33,34)27-18-23(14-13-22(27)2)28(32)29-19-24-10-4-5-11-25(24)20-31-15-6-3-7-16-31/h4-5,8-14,17-18,30H,3,6-7,15-16,19-20H2,1-2H3,(H,29,32). The summed E-state index contributed by atoms with van der Waals surface area (Å²) in [5.41, 5.74) is 4.62. The van der Waals surface area contributed by atoms with E-state index in [9.17, 15) is 13.2 Å². The fraction of sp³-hybridized carbons (Fsp3) is 0.321. The highest BCUT2D eigenvalue weighted by molar-refractivity contribution is 7.92. The van der Waals surface area contributed by atoms with Crippen molar-refractivity contribution in [1.29, 1.82) is 0 Å². The number of likely N-dealkylation sites (tertiary alicyclic amines) is 1. The largest absolute Gasteiger partial charge is 0.348 e. The van der Waals surface area contributed by atoms with Crippen molar-refractivity contribution in [2.24, 2.45) is 0 Å². The van der Waals surface area contributed by atoms with Crippen molar-refractivity contribution < 1.29 is 13.2 Å². The van der Waals surface area contributed by atoms with Crippen LogP contribution in [0.2, 0.25) is 0 Å². The second kappa shape index (κ2) is 11.1. The van der Waals surface area contributed by atoms with Crippen LogP contribution in [0.4, 0.5) is 5.69 Å². The Morgan fingerprint density at radius 2 is 1.63 bits per heavy atom. The Hall–Kier alpha value is -3.16. The lowest BCUT2D eigenvalue weighted by molar-refractivity contribution is 0.0950. The highest BCUT2D eigenvalue weighted by Gasteiger charge is 2.20. The summed E-state index contributed by atoms with van der Waals surface area (Å²) in [6.07, 6.45) is 3.76. The molecule has 1 aliphatic heterocycles. The van der Waals surface area contributed by atoms with Crippen LogP contribution < -0.4 is 10.0 Å². The number of sulfonamides is 1. The number of amides is 1. The minimum atomic E-state index is -3.84. The van der Waals surface area contributed by atoms with Gasteiger partial charge in [-0.05, 0) is 86.3 Å². The Balaban J connectivity index is 1.47. The van der Waals surface area contributed by atoms with Gasteiger partial charge in [0.1, 0.15) is 0 Å². The number of nitrogens with zero attached hydrogens (tertiary/aromatic N) is 1. The number of hydrogen-bond acceptors (Lipinski definition) is 4. The summed E-state index contributed by atoms with van der Waals surface area (Å²) < 4.78 is 28.8. The van der Waals surface area contributed by atoms with Gasteiger partial charge in [0.15, 0.2) is 0 Å². The first-order chi connectivity index (χ1) is 16.8. The van der Waals surface area contributed by atoms with E-state index in [1.807, 2.05) is 31.2 Å². The van der Waals surface area contributed by atoms with E-state index < -0.39 is 10.0 Å². The van der Waals surface area contributed by atoms with E-state index in [1.54, 1.807) is 37.3 Å². The van der Waals surface area contributed by atoms with Gasteiger partial charge < -0.3 is 5.32 Å². The third-order valence-corrected chi connectivity index (χ3v) is 7.93. The van der Waals surface area contributed by atoms with Crippen molar-refractivity contribution in [2.45, 2.75) is 51.1 Å². The molecule has 4 rings (SSSR count). The molecule has 1 amide bonds.